The van der Waals surface area contributed by atoms with Crippen molar-refractivity contribution in [3.8, 4) is 0 Å². The summed E-state index contributed by atoms with van der Waals surface area (Å²) in [7, 11) is 0. The number of nitrogens with one attached hydrogen (secondary N) is 2. The first-order chi connectivity index (χ1) is 13.2. The van der Waals surface area contributed by atoms with E-state index in [4.69, 9.17) is 4.74 Å². The molecule has 0 amide bonds. The molecule has 1 aromatic rings. The van der Waals surface area contributed by atoms with Gasteiger partial charge >= 0.3 is 0 Å². The van der Waals surface area contributed by atoms with Crippen LogP contribution >= 0.6 is 11.8 Å². The van der Waals surface area contributed by atoms with E-state index in [0.717, 1.165) is 69.6 Å². The maximum absolute atomic E-state index is 10.7. The minimum Gasteiger partial charge on any atom is -0.379 e. The highest BCUT2D eigenvalue weighted by molar-refractivity contribution is 7.98. The van der Waals surface area contributed by atoms with Crippen LogP contribution < -0.4 is 10.6 Å². The summed E-state index contributed by atoms with van der Waals surface area (Å²) in [5.74, 6) is 1.89. The molecule has 1 saturated heterocycles. The van der Waals surface area contributed by atoms with Crippen molar-refractivity contribution in [1.82, 2.24) is 15.5 Å². The Bertz CT molecular complexity index is 591. The van der Waals surface area contributed by atoms with Crippen LogP contribution in [-0.2, 0) is 11.3 Å². The van der Waals surface area contributed by atoms with E-state index in [1.54, 1.807) is 12.1 Å². The third kappa shape index (κ3) is 8.59. The van der Waals surface area contributed by atoms with Crippen molar-refractivity contribution in [1.29, 1.82) is 0 Å². The number of nitro groups is 1. The van der Waals surface area contributed by atoms with Gasteiger partial charge in [-0.25, -0.2) is 4.99 Å². The maximum atomic E-state index is 10.7. The predicted molar refractivity (Wildman–Crippen MR) is 110 cm³/mol. The number of nitrogens with zero attached hydrogens (tertiary/aromatic N) is 3. The Hall–Kier alpha value is -1.84. The normalized spacial score (nSPS) is 15.5. The molecule has 27 heavy (non-hydrogen) atoms. The molecule has 2 rings (SSSR count). The molecule has 150 valence electrons. The van der Waals surface area contributed by atoms with Crippen molar-refractivity contribution >= 4 is 23.4 Å². The van der Waals surface area contributed by atoms with Crippen LogP contribution in [0.2, 0.25) is 0 Å². The van der Waals surface area contributed by atoms with Crippen LogP contribution in [0.1, 0.15) is 12.0 Å². The molecule has 0 bridgehead atoms. The topological polar surface area (TPSA) is 92.0 Å². The summed E-state index contributed by atoms with van der Waals surface area (Å²) in [6.07, 6.45) is 3.17. The summed E-state index contributed by atoms with van der Waals surface area (Å²) in [4.78, 5) is 17.3. The van der Waals surface area contributed by atoms with Gasteiger partial charge < -0.3 is 15.4 Å². The number of morpholine rings is 1. The van der Waals surface area contributed by atoms with Crippen molar-refractivity contribution in [2.75, 3.05) is 57.9 Å². The van der Waals surface area contributed by atoms with E-state index < -0.39 is 0 Å². The minimum atomic E-state index is -0.390. The molecule has 8 nitrogen and oxygen atoms in total. The van der Waals surface area contributed by atoms with Crippen LogP contribution in [-0.4, -0.2) is 73.7 Å². The van der Waals surface area contributed by atoms with Gasteiger partial charge in [0.1, 0.15) is 0 Å². The Balaban J connectivity index is 1.84. The highest BCUT2D eigenvalue weighted by Gasteiger charge is 2.10. The van der Waals surface area contributed by atoms with Crippen molar-refractivity contribution < 1.29 is 9.66 Å². The third-order valence-electron chi connectivity index (χ3n) is 4.21. The largest absolute Gasteiger partial charge is 0.379 e. The molecule has 1 aliphatic heterocycles. The molecule has 1 heterocycles. The van der Waals surface area contributed by atoms with Gasteiger partial charge in [-0.2, -0.15) is 11.8 Å². The SMILES string of the molecule is CSCCCNC(=NCc1ccc([N+](=O)[O-])cc1)NCCN1CCOCC1. The number of hydrogen-bond acceptors (Lipinski definition) is 6. The molecule has 0 unspecified atom stereocenters. The molecule has 1 aromatic carbocycles. The van der Waals surface area contributed by atoms with Crippen LogP contribution in [0, 0.1) is 10.1 Å². The molecule has 0 atom stereocenters. The molecule has 1 fully saturated rings. The van der Waals surface area contributed by atoms with E-state index in [1.165, 1.54) is 12.1 Å². The molecular weight excluding hydrogens is 366 g/mol. The van der Waals surface area contributed by atoms with Crippen molar-refractivity contribution in [3.05, 3.63) is 39.9 Å². The fraction of sp³-hybridized carbons (Fsp3) is 0.611. The second-order valence-electron chi connectivity index (χ2n) is 6.24. The van der Waals surface area contributed by atoms with E-state index in [2.05, 4.69) is 26.8 Å². The number of guanidine groups is 1. The lowest BCUT2D eigenvalue weighted by molar-refractivity contribution is -0.384. The summed E-state index contributed by atoms with van der Waals surface area (Å²) in [6, 6.07) is 6.53. The van der Waals surface area contributed by atoms with E-state index >= 15 is 0 Å². The zero-order valence-corrected chi connectivity index (χ0v) is 16.7. The third-order valence-corrected chi connectivity index (χ3v) is 4.91. The van der Waals surface area contributed by atoms with Crippen LogP contribution in [0.3, 0.4) is 0 Å². The standard InChI is InChI=1S/C18H29N5O3S/c1-27-14-2-7-19-18(20-8-9-22-10-12-26-13-11-22)21-15-16-3-5-17(6-4-16)23(24)25/h3-6H,2,7-15H2,1H3,(H2,19,20,21). The molecule has 0 spiro atoms. The Morgan fingerprint density at radius 3 is 2.63 bits per heavy atom. The fourth-order valence-electron chi connectivity index (χ4n) is 2.65. The number of benzene rings is 1. The Kier molecular flexibility index (Phi) is 9.96. The Morgan fingerprint density at radius 2 is 1.96 bits per heavy atom. The van der Waals surface area contributed by atoms with Crippen molar-refractivity contribution in [2.45, 2.75) is 13.0 Å². The summed E-state index contributed by atoms with van der Waals surface area (Å²) >= 11 is 1.83. The van der Waals surface area contributed by atoms with Crippen LogP contribution in [0.5, 0.6) is 0 Å². The van der Waals surface area contributed by atoms with Gasteiger partial charge in [0.25, 0.3) is 5.69 Å². The van der Waals surface area contributed by atoms with Crippen molar-refractivity contribution in [2.24, 2.45) is 4.99 Å². The number of ether oxygens (including phenoxy) is 1. The second kappa shape index (κ2) is 12.5. The van der Waals surface area contributed by atoms with Gasteiger partial charge in [0.05, 0.1) is 24.7 Å². The van der Waals surface area contributed by atoms with E-state index in [9.17, 15) is 10.1 Å². The highest BCUT2D eigenvalue weighted by Crippen LogP contribution is 2.12. The first kappa shape index (κ1) is 21.5. The molecule has 2 N–H and O–H groups in total. The first-order valence-electron chi connectivity index (χ1n) is 9.23. The number of hydrogen-bond donors (Lipinski definition) is 2. The number of non-ortho nitro benzene ring substituents is 1. The van der Waals surface area contributed by atoms with E-state index in [0.29, 0.717) is 6.54 Å². The maximum Gasteiger partial charge on any atom is 0.269 e. The zero-order valence-electron chi connectivity index (χ0n) is 15.9. The molecule has 0 aromatic heterocycles. The molecule has 0 saturated carbocycles. The molecule has 1 aliphatic rings. The number of nitro benzene ring substituents is 1. The summed E-state index contributed by atoms with van der Waals surface area (Å²) in [5, 5.41) is 17.5. The number of aliphatic imine (C=N–C) groups is 1. The lowest BCUT2D eigenvalue weighted by Crippen LogP contribution is -2.44. The van der Waals surface area contributed by atoms with Gasteiger partial charge in [-0.3, -0.25) is 15.0 Å². The minimum absolute atomic E-state index is 0.0989. The average molecular weight is 396 g/mol. The van der Waals surface area contributed by atoms with Gasteiger partial charge in [0.2, 0.25) is 0 Å². The van der Waals surface area contributed by atoms with Gasteiger partial charge in [-0.1, -0.05) is 12.1 Å². The zero-order chi connectivity index (χ0) is 19.3. The summed E-state index contributed by atoms with van der Waals surface area (Å²) < 4.78 is 5.37. The quantitative estimate of drug-likeness (QED) is 0.205. The summed E-state index contributed by atoms with van der Waals surface area (Å²) in [6.45, 7) is 6.65. The lowest BCUT2D eigenvalue weighted by atomic mass is 10.2. The predicted octanol–water partition coefficient (Wildman–Crippen LogP) is 1.72. The monoisotopic (exact) mass is 395 g/mol. The Labute approximate surface area is 164 Å². The smallest absolute Gasteiger partial charge is 0.269 e. The van der Waals surface area contributed by atoms with Crippen molar-refractivity contribution in [3.63, 3.8) is 0 Å². The van der Waals surface area contributed by atoms with E-state index in [-0.39, 0.29) is 10.6 Å². The summed E-state index contributed by atoms with van der Waals surface area (Å²) in [5.41, 5.74) is 1.04. The molecular formula is C18H29N5O3S. The second-order valence-corrected chi connectivity index (χ2v) is 7.23. The van der Waals surface area contributed by atoms with E-state index in [1.807, 2.05) is 11.8 Å². The van der Waals surface area contributed by atoms with Crippen LogP contribution in [0.4, 0.5) is 5.69 Å². The first-order valence-corrected chi connectivity index (χ1v) is 10.6. The number of thioether (sulfide) groups is 1. The van der Waals surface area contributed by atoms with Crippen LogP contribution in [0.15, 0.2) is 29.3 Å². The molecule has 9 heteroatoms. The van der Waals surface area contributed by atoms with Gasteiger partial charge in [-0.15, -0.1) is 0 Å². The molecule has 0 radical (unpaired) electrons. The van der Waals surface area contributed by atoms with Gasteiger partial charge in [0, 0.05) is 44.9 Å². The average Bonchev–Trinajstić information content (AvgIpc) is 2.70. The van der Waals surface area contributed by atoms with Crippen LogP contribution in [0.25, 0.3) is 0 Å². The number of rotatable bonds is 10. The van der Waals surface area contributed by atoms with Gasteiger partial charge in [0.15, 0.2) is 5.96 Å². The highest BCUT2D eigenvalue weighted by atomic mass is 32.2. The Morgan fingerprint density at radius 1 is 1.26 bits per heavy atom. The molecule has 0 aliphatic carbocycles. The lowest BCUT2D eigenvalue weighted by Gasteiger charge is -2.26. The fourth-order valence-corrected chi connectivity index (χ4v) is 3.08. The van der Waals surface area contributed by atoms with Gasteiger partial charge in [-0.05, 0) is 24.0 Å².